The molecule has 0 saturated carbocycles. The lowest BCUT2D eigenvalue weighted by Gasteiger charge is -2.16. The molecule has 7 nitrogen and oxygen atoms in total. The first-order valence-electron chi connectivity index (χ1n) is 7.25. The number of aromatic amines is 1. The number of carbonyl (C=O) groups excluding carboxylic acids is 2. The Bertz CT molecular complexity index is 712. The Labute approximate surface area is 127 Å². The second-order valence-electron chi connectivity index (χ2n) is 5.59. The number of fused-ring (bicyclic) bond motifs is 1. The lowest BCUT2D eigenvalue weighted by atomic mass is 10.1. The Kier molecular flexibility index (Phi) is 3.81. The molecule has 1 saturated heterocycles. The van der Waals surface area contributed by atoms with Crippen molar-refractivity contribution in [1.82, 2.24) is 15.5 Å². The van der Waals surface area contributed by atoms with Crippen LogP contribution < -0.4 is 10.2 Å². The number of benzene rings is 1. The molecule has 1 aliphatic rings. The van der Waals surface area contributed by atoms with Crippen LogP contribution in [0.3, 0.4) is 0 Å². The van der Waals surface area contributed by atoms with Crippen LogP contribution >= 0.6 is 0 Å². The van der Waals surface area contributed by atoms with Gasteiger partial charge in [0.25, 0.3) is 0 Å². The van der Waals surface area contributed by atoms with Gasteiger partial charge in [-0.3, -0.25) is 19.6 Å². The lowest BCUT2D eigenvalue weighted by Crippen LogP contribution is -2.40. The van der Waals surface area contributed by atoms with E-state index >= 15 is 0 Å². The van der Waals surface area contributed by atoms with Crippen LogP contribution in [0, 0.1) is 5.92 Å². The van der Waals surface area contributed by atoms with E-state index in [1.807, 2.05) is 24.3 Å². The fourth-order valence-electron chi connectivity index (χ4n) is 2.65. The Balaban J connectivity index is 1.79. The summed E-state index contributed by atoms with van der Waals surface area (Å²) in [5.74, 6) is -0.186. The number of nitrogens with zero attached hydrogens (tertiary/aromatic N) is 2. The largest absolute Gasteiger partial charge is 0.394 e. The summed E-state index contributed by atoms with van der Waals surface area (Å²) in [6.45, 7) is 1.89. The van der Waals surface area contributed by atoms with Gasteiger partial charge >= 0.3 is 0 Å². The third-order valence-electron chi connectivity index (χ3n) is 3.86. The molecule has 22 heavy (non-hydrogen) atoms. The molecule has 3 N–H and O–H groups in total. The van der Waals surface area contributed by atoms with Gasteiger partial charge in [0.15, 0.2) is 5.82 Å². The van der Waals surface area contributed by atoms with Gasteiger partial charge in [0.1, 0.15) is 0 Å². The number of hydrogen-bond acceptors (Lipinski definition) is 4. The second kappa shape index (κ2) is 5.76. The molecule has 0 unspecified atom stereocenters. The monoisotopic (exact) mass is 302 g/mol. The van der Waals surface area contributed by atoms with Crippen molar-refractivity contribution >= 4 is 28.5 Å². The maximum atomic E-state index is 12.2. The number of nitrogens with one attached hydrogen (secondary N) is 2. The molecule has 1 aromatic carbocycles. The normalized spacial score (nSPS) is 19.6. The van der Waals surface area contributed by atoms with Gasteiger partial charge in [0, 0.05) is 24.4 Å². The Morgan fingerprint density at radius 3 is 3.09 bits per heavy atom. The smallest absolute Gasteiger partial charge is 0.229 e. The van der Waals surface area contributed by atoms with E-state index in [9.17, 15) is 9.59 Å². The standard InChI is InChI=1S/C15H18N4O3/c1-9(8-20)16-15(22)10-6-13(21)19(7-10)14-11-4-2-3-5-12(11)17-18-14/h2-5,9-10,20H,6-8H2,1H3,(H,16,22)(H,17,18)/t9-,10+/m1/s1. The first-order chi connectivity index (χ1) is 10.6. The molecule has 2 aromatic rings. The van der Waals surface area contributed by atoms with E-state index in [4.69, 9.17) is 5.11 Å². The summed E-state index contributed by atoms with van der Waals surface area (Å²) < 4.78 is 0. The molecule has 1 aromatic heterocycles. The van der Waals surface area contributed by atoms with Crippen molar-refractivity contribution in [2.24, 2.45) is 5.92 Å². The van der Waals surface area contributed by atoms with E-state index in [0.29, 0.717) is 12.4 Å². The third kappa shape index (κ3) is 2.55. The highest BCUT2D eigenvalue weighted by atomic mass is 16.3. The van der Waals surface area contributed by atoms with Crippen LogP contribution in [-0.4, -0.2) is 46.3 Å². The highest BCUT2D eigenvalue weighted by molar-refractivity contribution is 6.05. The number of aliphatic hydroxyl groups excluding tert-OH is 1. The van der Waals surface area contributed by atoms with Gasteiger partial charge in [-0.15, -0.1) is 0 Å². The van der Waals surface area contributed by atoms with Crippen molar-refractivity contribution in [1.29, 1.82) is 0 Å². The molecule has 0 aliphatic carbocycles. The van der Waals surface area contributed by atoms with Gasteiger partial charge in [-0.25, -0.2) is 0 Å². The van der Waals surface area contributed by atoms with Crippen molar-refractivity contribution in [3.05, 3.63) is 24.3 Å². The topological polar surface area (TPSA) is 98.3 Å². The van der Waals surface area contributed by atoms with Crippen molar-refractivity contribution in [3.8, 4) is 0 Å². The third-order valence-corrected chi connectivity index (χ3v) is 3.86. The SMILES string of the molecule is C[C@H](CO)NC(=O)[C@H]1CC(=O)N(c2n[nH]c3ccccc23)C1. The van der Waals surface area contributed by atoms with Crippen LogP contribution in [0.1, 0.15) is 13.3 Å². The van der Waals surface area contributed by atoms with E-state index in [0.717, 1.165) is 10.9 Å². The summed E-state index contributed by atoms with van der Waals surface area (Å²) in [4.78, 5) is 25.9. The van der Waals surface area contributed by atoms with Gasteiger partial charge in [0.2, 0.25) is 11.8 Å². The molecule has 2 atom stereocenters. The van der Waals surface area contributed by atoms with E-state index < -0.39 is 5.92 Å². The van der Waals surface area contributed by atoms with Crippen molar-refractivity contribution < 1.29 is 14.7 Å². The quantitative estimate of drug-likeness (QED) is 0.762. The van der Waals surface area contributed by atoms with E-state index in [1.165, 1.54) is 0 Å². The minimum absolute atomic E-state index is 0.117. The van der Waals surface area contributed by atoms with Crippen molar-refractivity contribution in [3.63, 3.8) is 0 Å². The van der Waals surface area contributed by atoms with Crippen LogP contribution in [0.5, 0.6) is 0 Å². The predicted octanol–water partition coefficient (Wildman–Crippen LogP) is 0.413. The number of aliphatic hydroxyl groups is 1. The average molecular weight is 302 g/mol. The summed E-state index contributed by atoms with van der Waals surface area (Å²) in [5.41, 5.74) is 0.854. The number of rotatable bonds is 4. The molecule has 7 heteroatoms. The molecule has 3 rings (SSSR count). The molecule has 1 fully saturated rings. The molecule has 1 aliphatic heterocycles. The van der Waals surface area contributed by atoms with Gasteiger partial charge < -0.3 is 10.4 Å². The van der Waals surface area contributed by atoms with Gasteiger partial charge in [-0.2, -0.15) is 5.10 Å². The van der Waals surface area contributed by atoms with E-state index in [-0.39, 0.29) is 30.9 Å². The number of H-pyrrole nitrogens is 1. The van der Waals surface area contributed by atoms with Gasteiger partial charge in [-0.05, 0) is 19.1 Å². The molecule has 0 spiro atoms. The van der Waals surface area contributed by atoms with Crippen LogP contribution in [-0.2, 0) is 9.59 Å². The zero-order chi connectivity index (χ0) is 15.7. The zero-order valence-corrected chi connectivity index (χ0v) is 12.2. The zero-order valence-electron chi connectivity index (χ0n) is 12.2. The number of anilines is 1. The molecule has 2 heterocycles. The number of para-hydroxylation sites is 1. The Morgan fingerprint density at radius 1 is 1.55 bits per heavy atom. The van der Waals surface area contributed by atoms with Gasteiger partial charge in [0.05, 0.1) is 18.0 Å². The molecule has 0 bridgehead atoms. The summed E-state index contributed by atoms with van der Waals surface area (Å²) in [6.07, 6.45) is 0.158. The van der Waals surface area contributed by atoms with Crippen LogP contribution in [0.2, 0.25) is 0 Å². The van der Waals surface area contributed by atoms with E-state index in [2.05, 4.69) is 15.5 Å². The second-order valence-corrected chi connectivity index (χ2v) is 5.59. The number of carbonyl (C=O) groups is 2. The minimum atomic E-state index is -0.419. The van der Waals surface area contributed by atoms with Gasteiger partial charge in [-0.1, -0.05) is 12.1 Å². The summed E-state index contributed by atoms with van der Waals surface area (Å²) in [7, 11) is 0. The molecular weight excluding hydrogens is 284 g/mol. The van der Waals surface area contributed by atoms with Crippen LogP contribution in [0.25, 0.3) is 10.9 Å². The maximum Gasteiger partial charge on any atom is 0.229 e. The fourth-order valence-corrected chi connectivity index (χ4v) is 2.65. The first kappa shape index (κ1) is 14.5. The minimum Gasteiger partial charge on any atom is -0.394 e. The molecule has 2 amide bonds. The lowest BCUT2D eigenvalue weighted by molar-refractivity contribution is -0.127. The van der Waals surface area contributed by atoms with Crippen LogP contribution in [0.4, 0.5) is 5.82 Å². The number of aromatic nitrogens is 2. The highest BCUT2D eigenvalue weighted by Crippen LogP contribution is 2.29. The molecule has 0 radical (unpaired) electrons. The summed E-state index contributed by atoms with van der Waals surface area (Å²) >= 11 is 0. The fraction of sp³-hybridized carbons (Fsp3) is 0.400. The predicted molar refractivity (Wildman–Crippen MR) is 81.2 cm³/mol. The number of amides is 2. The van der Waals surface area contributed by atoms with Crippen molar-refractivity contribution in [2.45, 2.75) is 19.4 Å². The van der Waals surface area contributed by atoms with Crippen LogP contribution in [0.15, 0.2) is 24.3 Å². The molecule has 116 valence electrons. The van der Waals surface area contributed by atoms with Crippen molar-refractivity contribution in [2.75, 3.05) is 18.1 Å². The van der Waals surface area contributed by atoms with E-state index in [1.54, 1.807) is 11.8 Å². The summed E-state index contributed by atoms with van der Waals surface area (Å²) in [5, 5.41) is 19.7. The highest BCUT2D eigenvalue weighted by Gasteiger charge is 2.37. The maximum absolute atomic E-state index is 12.2. The average Bonchev–Trinajstić information content (AvgIpc) is 3.10. The Hall–Kier alpha value is -2.41. The molecular formula is C15H18N4O3. The number of hydrogen-bond donors (Lipinski definition) is 3. The summed E-state index contributed by atoms with van der Waals surface area (Å²) in [6, 6.07) is 7.24. The Morgan fingerprint density at radius 2 is 2.32 bits per heavy atom. The first-order valence-corrected chi connectivity index (χ1v) is 7.25.